The van der Waals surface area contributed by atoms with Crippen LogP contribution in [-0.2, 0) is 6.18 Å². The van der Waals surface area contributed by atoms with Gasteiger partial charge in [-0.05, 0) is 37.1 Å². The van der Waals surface area contributed by atoms with Crippen molar-refractivity contribution in [2.45, 2.75) is 30.5 Å². The zero-order valence-electron chi connectivity index (χ0n) is 15.4. The fraction of sp³-hybridized carbons (Fsp3) is 0.238. The van der Waals surface area contributed by atoms with E-state index in [1.807, 2.05) is 18.2 Å². The van der Waals surface area contributed by atoms with E-state index >= 15 is 0 Å². The van der Waals surface area contributed by atoms with Crippen LogP contribution in [0.1, 0.15) is 39.0 Å². The first-order valence-corrected chi connectivity index (χ1v) is 10.8. The number of nitrogens with zero attached hydrogens (tertiary/aromatic N) is 1. The van der Waals surface area contributed by atoms with E-state index in [4.69, 9.17) is 0 Å². The zero-order chi connectivity index (χ0) is 20.6. The van der Waals surface area contributed by atoms with Gasteiger partial charge in [-0.15, -0.1) is 23.1 Å². The van der Waals surface area contributed by atoms with Crippen LogP contribution in [0.5, 0.6) is 0 Å². The molecule has 0 aliphatic carbocycles. The Morgan fingerprint density at radius 1 is 1.14 bits per heavy atom. The summed E-state index contributed by atoms with van der Waals surface area (Å²) in [6, 6.07) is 12.8. The SMILES string of the molecule is Cc1nc(-c2ccc(C(F)(F)F)cc2)sc1C(=O)NC1CCSc2ccccc21. The molecule has 8 heteroatoms. The Morgan fingerprint density at radius 2 is 1.86 bits per heavy atom. The number of hydrogen-bond donors (Lipinski definition) is 1. The summed E-state index contributed by atoms with van der Waals surface area (Å²) >= 11 is 2.98. The van der Waals surface area contributed by atoms with Gasteiger partial charge >= 0.3 is 6.18 Å². The van der Waals surface area contributed by atoms with Crippen molar-refractivity contribution >= 4 is 29.0 Å². The normalized spacial score (nSPS) is 16.3. The molecule has 2 aromatic carbocycles. The minimum Gasteiger partial charge on any atom is -0.344 e. The first-order valence-electron chi connectivity index (χ1n) is 9.00. The van der Waals surface area contributed by atoms with Gasteiger partial charge in [0.2, 0.25) is 0 Å². The van der Waals surface area contributed by atoms with Crippen LogP contribution in [0, 0.1) is 6.92 Å². The second kappa shape index (κ2) is 7.84. The molecule has 1 amide bonds. The average molecular weight is 435 g/mol. The molecule has 0 spiro atoms. The summed E-state index contributed by atoms with van der Waals surface area (Å²) in [7, 11) is 0. The molecule has 1 aliphatic rings. The molecule has 3 nitrogen and oxygen atoms in total. The largest absolute Gasteiger partial charge is 0.416 e. The monoisotopic (exact) mass is 434 g/mol. The maximum Gasteiger partial charge on any atom is 0.416 e. The summed E-state index contributed by atoms with van der Waals surface area (Å²) in [6.45, 7) is 1.74. The van der Waals surface area contributed by atoms with Gasteiger partial charge in [0.1, 0.15) is 9.88 Å². The van der Waals surface area contributed by atoms with E-state index < -0.39 is 11.7 Å². The topological polar surface area (TPSA) is 42.0 Å². The smallest absolute Gasteiger partial charge is 0.344 e. The van der Waals surface area contributed by atoms with E-state index in [0.717, 1.165) is 29.9 Å². The second-order valence-electron chi connectivity index (χ2n) is 6.71. The number of aryl methyl sites for hydroxylation is 1. The van der Waals surface area contributed by atoms with Crippen molar-refractivity contribution in [1.82, 2.24) is 10.3 Å². The lowest BCUT2D eigenvalue weighted by Gasteiger charge is -2.25. The molecule has 4 rings (SSSR count). The maximum absolute atomic E-state index is 12.9. The minimum atomic E-state index is -4.38. The summed E-state index contributed by atoms with van der Waals surface area (Å²) in [4.78, 5) is 18.9. The Bertz CT molecular complexity index is 1040. The van der Waals surface area contributed by atoms with Crippen LogP contribution in [0.25, 0.3) is 10.6 Å². The number of aromatic nitrogens is 1. The first kappa shape index (κ1) is 20.0. The number of thiazole rings is 1. The summed E-state index contributed by atoms with van der Waals surface area (Å²) in [5.41, 5.74) is 1.54. The lowest BCUT2D eigenvalue weighted by molar-refractivity contribution is -0.137. The Kier molecular flexibility index (Phi) is 5.40. The summed E-state index contributed by atoms with van der Waals surface area (Å²) in [5.74, 6) is 0.727. The highest BCUT2D eigenvalue weighted by Crippen LogP contribution is 2.37. The van der Waals surface area contributed by atoms with Gasteiger partial charge in [0, 0.05) is 16.2 Å². The Morgan fingerprint density at radius 3 is 2.59 bits per heavy atom. The molecular formula is C21H17F3N2OS2. The number of nitrogens with one attached hydrogen (secondary N) is 1. The number of fused-ring (bicyclic) bond motifs is 1. The number of thioether (sulfide) groups is 1. The molecule has 0 bridgehead atoms. The molecule has 0 saturated heterocycles. The van der Waals surface area contributed by atoms with Crippen molar-refractivity contribution in [3.63, 3.8) is 0 Å². The Balaban J connectivity index is 1.55. The van der Waals surface area contributed by atoms with Gasteiger partial charge in [-0.2, -0.15) is 13.2 Å². The maximum atomic E-state index is 12.9. The third kappa shape index (κ3) is 4.18. The van der Waals surface area contributed by atoms with Crippen molar-refractivity contribution in [3.8, 4) is 10.6 Å². The van der Waals surface area contributed by atoms with Crippen LogP contribution in [0.3, 0.4) is 0 Å². The molecule has 0 radical (unpaired) electrons. The van der Waals surface area contributed by atoms with Crippen molar-refractivity contribution in [3.05, 3.63) is 70.2 Å². The lowest BCUT2D eigenvalue weighted by Crippen LogP contribution is -2.30. The molecule has 3 aromatic rings. The van der Waals surface area contributed by atoms with Gasteiger partial charge in [0.05, 0.1) is 17.3 Å². The number of rotatable bonds is 3. The quantitative estimate of drug-likeness (QED) is 0.541. The van der Waals surface area contributed by atoms with Crippen molar-refractivity contribution in [1.29, 1.82) is 0 Å². The third-order valence-electron chi connectivity index (χ3n) is 4.73. The van der Waals surface area contributed by atoms with Crippen LogP contribution in [0.2, 0.25) is 0 Å². The van der Waals surface area contributed by atoms with Gasteiger partial charge in [0.15, 0.2) is 0 Å². The molecule has 1 unspecified atom stereocenters. The van der Waals surface area contributed by atoms with Crippen LogP contribution in [-0.4, -0.2) is 16.6 Å². The number of benzene rings is 2. The summed E-state index contributed by atoms with van der Waals surface area (Å²) < 4.78 is 38.3. The minimum absolute atomic E-state index is 0.0593. The molecule has 0 saturated carbocycles. The summed E-state index contributed by atoms with van der Waals surface area (Å²) in [5, 5.41) is 3.62. The highest BCUT2D eigenvalue weighted by atomic mass is 32.2. The number of carbonyl (C=O) groups is 1. The second-order valence-corrected chi connectivity index (χ2v) is 8.85. The van der Waals surface area contributed by atoms with Gasteiger partial charge in [-0.25, -0.2) is 4.98 Å². The molecule has 1 atom stereocenters. The van der Waals surface area contributed by atoms with Crippen LogP contribution >= 0.6 is 23.1 Å². The number of amides is 1. The van der Waals surface area contributed by atoms with E-state index in [2.05, 4.69) is 16.4 Å². The van der Waals surface area contributed by atoms with Crippen LogP contribution in [0.4, 0.5) is 13.2 Å². The predicted molar refractivity (Wildman–Crippen MR) is 109 cm³/mol. The molecule has 29 heavy (non-hydrogen) atoms. The van der Waals surface area contributed by atoms with Gasteiger partial charge < -0.3 is 5.32 Å². The molecule has 2 heterocycles. The fourth-order valence-corrected chi connectivity index (χ4v) is 5.35. The van der Waals surface area contributed by atoms with E-state index in [0.29, 0.717) is 21.1 Å². The van der Waals surface area contributed by atoms with E-state index in [1.165, 1.54) is 28.4 Å². The van der Waals surface area contributed by atoms with Crippen LogP contribution < -0.4 is 5.32 Å². The highest BCUT2D eigenvalue weighted by Gasteiger charge is 2.30. The van der Waals surface area contributed by atoms with E-state index in [-0.39, 0.29) is 11.9 Å². The lowest BCUT2D eigenvalue weighted by atomic mass is 10.0. The predicted octanol–water partition coefficient (Wildman–Crippen LogP) is 6.10. The van der Waals surface area contributed by atoms with Crippen LogP contribution in [0.15, 0.2) is 53.4 Å². The van der Waals surface area contributed by atoms with Gasteiger partial charge in [-0.3, -0.25) is 4.79 Å². The summed E-state index contributed by atoms with van der Waals surface area (Å²) in [6.07, 6.45) is -3.53. The van der Waals surface area contributed by atoms with E-state index in [9.17, 15) is 18.0 Å². The van der Waals surface area contributed by atoms with Gasteiger partial charge in [0.25, 0.3) is 5.91 Å². The number of carbonyl (C=O) groups excluding carboxylic acids is 1. The number of hydrogen-bond acceptors (Lipinski definition) is 4. The molecule has 0 fully saturated rings. The number of halogens is 3. The van der Waals surface area contributed by atoms with Crippen molar-refractivity contribution < 1.29 is 18.0 Å². The Hall–Kier alpha value is -2.32. The Labute approximate surface area is 174 Å². The third-order valence-corrected chi connectivity index (χ3v) is 7.05. The van der Waals surface area contributed by atoms with Crippen molar-refractivity contribution in [2.75, 3.05) is 5.75 Å². The number of alkyl halides is 3. The fourth-order valence-electron chi connectivity index (χ4n) is 3.25. The first-order chi connectivity index (χ1) is 13.8. The molecule has 1 N–H and O–H groups in total. The van der Waals surface area contributed by atoms with E-state index in [1.54, 1.807) is 18.7 Å². The van der Waals surface area contributed by atoms with Gasteiger partial charge in [-0.1, -0.05) is 30.3 Å². The molecule has 1 aromatic heterocycles. The zero-order valence-corrected chi connectivity index (χ0v) is 17.0. The highest BCUT2D eigenvalue weighted by molar-refractivity contribution is 7.99. The molecular weight excluding hydrogens is 417 g/mol. The average Bonchev–Trinajstić information content (AvgIpc) is 3.09. The van der Waals surface area contributed by atoms with Crippen molar-refractivity contribution in [2.24, 2.45) is 0 Å². The standard InChI is InChI=1S/C21H17F3N2OS2/c1-12-18(19(27)26-16-10-11-28-17-5-3-2-4-15(16)17)29-20(25-12)13-6-8-14(9-7-13)21(22,23)24/h2-9,16H,10-11H2,1H3,(H,26,27). The molecule has 1 aliphatic heterocycles. The molecule has 150 valence electrons.